The van der Waals surface area contributed by atoms with Gasteiger partial charge in [-0.25, -0.2) is 0 Å². The Balaban J connectivity index is 2.11. The highest BCUT2D eigenvalue weighted by atomic mass is 16.4. The van der Waals surface area contributed by atoms with Crippen LogP contribution in [0.3, 0.4) is 0 Å². The van der Waals surface area contributed by atoms with Gasteiger partial charge < -0.3 is 15.3 Å². The van der Waals surface area contributed by atoms with Crippen molar-refractivity contribution in [2.75, 3.05) is 13.2 Å². The van der Waals surface area contributed by atoms with Gasteiger partial charge in [0.25, 0.3) is 5.91 Å². The summed E-state index contributed by atoms with van der Waals surface area (Å²) in [6, 6.07) is 6.89. The highest BCUT2D eigenvalue weighted by Crippen LogP contribution is 2.50. The average Bonchev–Trinajstić information content (AvgIpc) is 2.59. The average molecular weight is 363 g/mol. The molecule has 0 spiro atoms. The number of hydrogen-bond donors (Lipinski definition) is 3. The zero-order valence-corrected chi connectivity index (χ0v) is 14.4. The maximum absolute atomic E-state index is 12.8. The van der Waals surface area contributed by atoms with Crippen molar-refractivity contribution in [2.45, 2.75) is 38.1 Å². The van der Waals surface area contributed by atoms with Crippen LogP contribution in [0, 0.1) is 5.92 Å². The van der Waals surface area contributed by atoms with Crippen LogP contribution in [0.1, 0.15) is 31.2 Å². The lowest BCUT2D eigenvalue weighted by Crippen LogP contribution is -2.76. The van der Waals surface area contributed by atoms with Crippen molar-refractivity contribution in [1.29, 1.82) is 0 Å². The van der Waals surface area contributed by atoms with Gasteiger partial charge in [-0.2, -0.15) is 9.80 Å². The fourth-order valence-electron chi connectivity index (χ4n) is 4.31. The van der Waals surface area contributed by atoms with Crippen molar-refractivity contribution < 1.29 is 29.7 Å². The summed E-state index contributed by atoms with van der Waals surface area (Å²) in [5.74, 6) is -1.55. The number of nitrogens with zero attached hydrogens (tertiary/aromatic N) is 2. The van der Waals surface area contributed by atoms with Gasteiger partial charge in [-0.3, -0.25) is 9.59 Å². The molecule has 1 aliphatic carbocycles. The van der Waals surface area contributed by atoms with E-state index in [0.717, 1.165) is 23.4 Å². The first-order valence-electron chi connectivity index (χ1n) is 8.77. The number of carbonyl (C=O) groups is 3. The number of hydrogen-bond acceptors (Lipinski definition) is 4. The van der Waals surface area contributed by atoms with Gasteiger partial charge in [-0.15, -0.1) is 0 Å². The van der Waals surface area contributed by atoms with Crippen LogP contribution in [0.4, 0.5) is 10.5 Å². The van der Waals surface area contributed by atoms with E-state index in [4.69, 9.17) is 5.11 Å². The number of fused-ring (bicyclic) bond motifs is 2. The quantitative estimate of drug-likeness (QED) is 0.685. The molecule has 0 bridgehead atoms. The molecule has 3 atom stereocenters. The number of aliphatic hydroxyl groups excluding tert-OH is 1. The van der Waals surface area contributed by atoms with Crippen molar-refractivity contribution in [1.82, 2.24) is 9.60 Å². The van der Waals surface area contributed by atoms with Crippen LogP contribution < -0.4 is 4.59 Å². The fraction of sp³-hybridized carbons (Fsp3) is 0.500. The van der Waals surface area contributed by atoms with E-state index in [2.05, 4.69) is 0 Å². The number of aliphatic hydroxyl groups is 1. The molecule has 8 nitrogen and oxygen atoms in total. The number of carboxylic acids is 1. The molecular formula is C18H23N2O6+. The van der Waals surface area contributed by atoms with E-state index in [1.807, 2.05) is 12.1 Å². The van der Waals surface area contributed by atoms with E-state index in [1.54, 1.807) is 12.1 Å². The van der Waals surface area contributed by atoms with Gasteiger partial charge in [0.15, 0.2) is 5.69 Å². The third-order valence-corrected chi connectivity index (χ3v) is 5.52. The van der Waals surface area contributed by atoms with Gasteiger partial charge >= 0.3 is 12.1 Å². The largest absolute Gasteiger partial charge is 0.544 e. The van der Waals surface area contributed by atoms with E-state index in [-0.39, 0.29) is 31.3 Å². The lowest BCUT2D eigenvalue weighted by atomic mass is 9.71. The van der Waals surface area contributed by atoms with E-state index >= 15 is 0 Å². The topological polar surface area (TPSA) is 115 Å². The normalized spacial score (nSPS) is 26.2. The molecule has 1 heterocycles. The van der Waals surface area contributed by atoms with Crippen LogP contribution in [-0.2, 0) is 16.0 Å². The second kappa shape index (κ2) is 7.05. The number of benzene rings is 1. The number of rotatable bonds is 5. The summed E-state index contributed by atoms with van der Waals surface area (Å²) in [5, 5.41) is 29.8. The minimum atomic E-state index is -1.18. The molecule has 26 heavy (non-hydrogen) atoms. The number of aliphatic carboxylic acids is 1. The summed E-state index contributed by atoms with van der Waals surface area (Å²) in [4.78, 5) is 36.2. The predicted molar refractivity (Wildman–Crippen MR) is 92.1 cm³/mol. The Hall–Kier alpha value is -2.45. The monoisotopic (exact) mass is 363 g/mol. The Morgan fingerprint density at radius 3 is 2.42 bits per heavy atom. The summed E-state index contributed by atoms with van der Waals surface area (Å²) in [7, 11) is 0. The van der Waals surface area contributed by atoms with E-state index < -0.39 is 29.2 Å². The molecule has 1 aliphatic heterocycles. The van der Waals surface area contributed by atoms with E-state index in [9.17, 15) is 24.6 Å². The molecule has 0 saturated heterocycles. The molecule has 1 aromatic rings. The first-order valence-corrected chi connectivity index (χ1v) is 8.77. The number of para-hydroxylation sites is 1. The maximum atomic E-state index is 12.8. The minimum absolute atomic E-state index is 0.148. The lowest BCUT2D eigenvalue weighted by molar-refractivity contribution is -0.158. The number of amides is 2. The molecule has 1 fully saturated rings. The van der Waals surface area contributed by atoms with Crippen molar-refractivity contribution >= 4 is 23.7 Å². The molecule has 1 unspecified atom stereocenters. The molecule has 2 amide bonds. The summed E-state index contributed by atoms with van der Waals surface area (Å²) < 4.78 is -0.667. The van der Waals surface area contributed by atoms with Gasteiger partial charge in [-0.1, -0.05) is 22.8 Å². The second-order valence-electron chi connectivity index (χ2n) is 6.84. The Bertz CT molecular complexity index is 736. The summed E-state index contributed by atoms with van der Waals surface area (Å²) >= 11 is 0. The van der Waals surface area contributed by atoms with Crippen molar-refractivity contribution in [3.63, 3.8) is 0 Å². The van der Waals surface area contributed by atoms with E-state index in [1.165, 1.54) is 0 Å². The first kappa shape index (κ1) is 18.3. The Morgan fingerprint density at radius 1 is 1.12 bits per heavy atom. The molecule has 2 aliphatic rings. The third-order valence-electron chi connectivity index (χ3n) is 5.52. The first-order chi connectivity index (χ1) is 12.4. The lowest BCUT2D eigenvalue weighted by Gasteiger charge is -2.54. The van der Waals surface area contributed by atoms with Crippen LogP contribution >= 0.6 is 0 Å². The van der Waals surface area contributed by atoms with Gasteiger partial charge in [0.1, 0.15) is 6.04 Å². The van der Waals surface area contributed by atoms with Crippen LogP contribution in [0.5, 0.6) is 0 Å². The van der Waals surface area contributed by atoms with Crippen LogP contribution in [0.25, 0.3) is 0 Å². The van der Waals surface area contributed by atoms with Crippen LogP contribution in [-0.4, -0.2) is 57.5 Å². The molecule has 0 radical (unpaired) electrons. The fourth-order valence-corrected chi connectivity index (χ4v) is 4.31. The summed E-state index contributed by atoms with van der Waals surface area (Å²) in [5.41, 5.74) is 1.41. The standard InChI is InChI=1S/C18H22N2O6/c21-10-9-19(16(22)7-8-17(23)24)20(18(25)26)14-4-2-1-3-12(14)11-13-5-6-15(13)20/h1-4,13,15,21H,5-11H2,(H-,23,24,25,26)/p+1/t13-,15-,20?/m1/s1. The number of carbonyl (C=O) groups excluding carboxylic acids is 1. The maximum Gasteiger partial charge on any atom is 0.544 e. The van der Waals surface area contributed by atoms with Crippen molar-refractivity contribution in [3.8, 4) is 0 Å². The zero-order valence-electron chi connectivity index (χ0n) is 14.4. The molecule has 8 heteroatoms. The Morgan fingerprint density at radius 2 is 1.85 bits per heavy atom. The molecule has 0 aromatic heterocycles. The third kappa shape index (κ3) is 2.75. The van der Waals surface area contributed by atoms with Crippen molar-refractivity contribution in [3.05, 3.63) is 29.8 Å². The molecule has 3 N–H and O–H groups in total. The summed E-state index contributed by atoms with van der Waals surface area (Å²) in [6.45, 7) is -0.562. The van der Waals surface area contributed by atoms with Crippen LogP contribution in [0.15, 0.2) is 24.3 Å². The smallest absolute Gasteiger partial charge is 0.481 e. The highest BCUT2D eigenvalue weighted by Gasteiger charge is 2.63. The molecular weight excluding hydrogens is 340 g/mol. The minimum Gasteiger partial charge on any atom is -0.481 e. The predicted octanol–water partition coefficient (Wildman–Crippen LogP) is 1.61. The SMILES string of the molecule is O=C(O)CCC(=O)N(CCO)[N+]1(C(=O)O)c2ccccc2C[C@H]2CC[C@H]21. The number of carboxylic acid groups (broad SMARTS) is 2. The highest BCUT2D eigenvalue weighted by molar-refractivity contribution is 5.90. The molecule has 1 aromatic carbocycles. The van der Waals surface area contributed by atoms with Gasteiger partial charge in [0.05, 0.1) is 19.6 Å². The van der Waals surface area contributed by atoms with Crippen LogP contribution in [0.2, 0.25) is 0 Å². The Kier molecular flexibility index (Phi) is 4.97. The van der Waals surface area contributed by atoms with Gasteiger partial charge in [0.2, 0.25) is 0 Å². The Labute approximate surface area is 150 Å². The second-order valence-corrected chi connectivity index (χ2v) is 6.84. The molecule has 140 valence electrons. The van der Waals surface area contributed by atoms with Crippen molar-refractivity contribution in [2.24, 2.45) is 5.92 Å². The summed E-state index contributed by atoms with van der Waals surface area (Å²) in [6.07, 6.45) is 0.467. The van der Waals surface area contributed by atoms with Gasteiger partial charge in [0, 0.05) is 30.4 Å². The molecule has 3 rings (SSSR count). The number of quaternary nitrogens is 1. The zero-order chi connectivity index (χ0) is 18.9. The molecule has 1 saturated carbocycles. The van der Waals surface area contributed by atoms with E-state index in [0.29, 0.717) is 12.1 Å². The van der Waals surface area contributed by atoms with Gasteiger partial charge in [-0.05, 0) is 12.8 Å².